The quantitative estimate of drug-likeness (QED) is 0.708. The minimum Gasteiger partial charge on any atom is -0.354 e. The van der Waals surface area contributed by atoms with Crippen LogP contribution in [0.3, 0.4) is 0 Å². The predicted octanol–water partition coefficient (Wildman–Crippen LogP) is 3.40. The molecule has 1 heterocycles. The second-order valence-corrected chi connectivity index (χ2v) is 7.06. The van der Waals surface area contributed by atoms with Crippen molar-refractivity contribution in [2.24, 2.45) is 11.7 Å². The summed E-state index contributed by atoms with van der Waals surface area (Å²) in [6, 6.07) is 4.95. The van der Waals surface area contributed by atoms with Gasteiger partial charge >= 0.3 is 0 Å². The minimum atomic E-state index is -0.710. The van der Waals surface area contributed by atoms with Crippen molar-refractivity contribution in [3.8, 4) is 0 Å². The lowest BCUT2D eigenvalue weighted by molar-refractivity contribution is -0.132. The molecule has 0 saturated carbocycles. The molecule has 1 atom stereocenters. The summed E-state index contributed by atoms with van der Waals surface area (Å²) in [5, 5.41) is 3.76. The Morgan fingerprint density at radius 3 is 2.60 bits per heavy atom. The zero-order chi connectivity index (χ0) is 17.9. The first kappa shape index (κ1) is 22.0. The number of amides is 2. The summed E-state index contributed by atoms with van der Waals surface area (Å²) in [7, 11) is 0. The third-order valence-electron chi connectivity index (χ3n) is 4.74. The van der Waals surface area contributed by atoms with E-state index in [2.05, 4.69) is 5.32 Å². The Balaban J connectivity index is 0.00000312. The Bertz CT molecular complexity index is 636. The Labute approximate surface area is 164 Å². The molecule has 140 valence electrons. The zero-order valence-electron chi connectivity index (χ0n) is 14.4. The number of benzene rings is 1. The van der Waals surface area contributed by atoms with Crippen molar-refractivity contribution in [1.29, 1.82) is 0 Å². The van der Waals surface area contributed by atoms with Gasteiger partial charge in [0.15, 0.2) is 0 Å². The van der Waals surface area contributed by atoms with Gasteiger partial charge in [-0.3, -0.25) is 9.59 Å². The van der Waals surface area contributed by atoms with Crippen LogP contribution in [0.4, 0.5) is 5.69 Å². The highest BCUT2D eigenvalue weighted by Gasteiger charge is 2.38. The Kier molecular flexibility index (Phi) is 8.00. The molecule has 1 saturated heterocycles. The molecule has 0 aliphatic carbocycles. The van der Waals surface area contributed by atoms with Crippen LogP contribution in [0.2, 0.25) is 10.0 Å². The van der Waals surface area contributed by atoms with Crippen molar-refractivity contribution in [1.82, 2.24) is 5.32 Å². The van der Waals surface area contributed by atoms with E-state index in [1.165, 1.54) is 4.90 Å². The molecule has 1 aromatic rings. The maximum Gasteiger partial charge on any atom is 0.239 e. The third kappa shape index (κ3) is 5.00. The van der Waals surface area contributed by atoms with Crippen LogP contribution in [0.15, 0.2) is 18.2 Å². The number of carbonyl (C=O) groups excluding carboxylic acids is 2. The first-order valence-corrected chi connectivity index (χ1v) is 8.90. The van der Waals surface area contributed by atoms with Gasteiger partial charge in [0.25, 0.3) is 0 Å². The molecule has 0 bridgehead atoms. The molecule has 25 heavy (non-hydrogen) atoms. The normalized spacial score (nSPS) is 17.4. The number of rotatable bonds is 6. The number of hydrogen-bond donors (Lipinski definition) is 2. The van der Waals surface area contributed by atoms with E-state index >= 15 is 0 Å². The molecular weight excluding hydrogens is 385 g/mol. The molecule has 1 aromatic carbocycles. The molecule has 8 heteroatoms. The van der Waals surface area contributed by atoms with E-state index in [0.29, 0.717) is 35.2 Å². The maximum atomic E-state index is 12.6. The van der Waals surface area contributed by atoms with E-state index in [4.69, 9.17) is 28.9 Å². The van der Waals surface area contributed by atoms with Crippen LogP contribution in [-0.2, 0) is 9.59 Å². The van der Waals surface area contributed by atoms with E-state index in [-0.39, 0.29) is 24.2 Å². The number of hydrogen-bond acceptors (Lipinski definition) is 3. The molecule has 1 fully saturated rings. The van der Waals surface area contributed by atoms with Crippen LogP contribution in [0.25, 0.3) is 0 Å². The van der Waals surface area contributed by atoms with Gasteiger partial charge < -0.3 is 16.0 Å². The van der Waals surface area contributed by atoms with E-state index in [1.807, 2.05) is 13.8 Å². The fourth-order valence-electron chi connectivity index (χ4n) is 2.74. The van der Waals surface area contributed by atoms with Crippen molar-refractivity contribution in [3.63, 3.8) is 0 Å². The first-order valence-electron chi connectivity index (χ1n) is 8.14. The average molecular weight is 409 g/mol. The molecule has 2 rings (SSSR count). The molecule has 1 unspecified atom stereocenters. The highest BCUT2D eigenvalue weighted by atomic mass is 35.5. The fourth-order valence-corrected chi connectivity index (χ4v) is 3.13. The molecule has 0 spiro atoms. The highest BCUT2D eigenvalue weighted by Crippen LogP contribution is 2.33. The van der Waals surface area contributed by atoms with Gasteiger partial charge in [-0.05, 0) is 37.5 Å². The standard InChI is InChI=1S/C17H23Cl2N3O2.ClH/c1-3-17(20,4-2)10-21-15(23)12-7-8-22(16(12)24)14-9-11(18)5-6-13(14)19;/h5-6,9,12H,3-4,7-8,10,20H2,1-2H3,(H,21,23);1H. The van der Waals surface area contributed by atoms with E-state index in [9.17, 15) is 9.59 Å². The smallest absolute Gasteiger partial charge is 0.239 e. The SMILES string of the molecule is CCC(N)(CC)CNC(=O)C1CCN(c2cc(Cl)ccc2Cl)C1=O.Cl. The van der Waals surface area contributed by atoms with Crippen LogP contribution in [0.5, 0.6) is 0 Å². The van der Waals surface area contributed by atoms with Gasteiger partial charge in [-0.2, -0.15) is 0 Å². The van der Waals surface area contributed by atoms with Gasteiger partial charge in [0, 0.05) is 23.7 Å². The molecule has 5 nitrogen and oxygen atoms in total. The summed E-state index contributed by atoms with van der Waals surface area (Å²) >= 11 is 12.1. The molecule has 0 radical (unpaired) electrons. The molecular formula is C17H24Cl3N3O2. The highest BCUT2D eigenvalue weighted by molar-refractivity contribution is 6.36. The largest absolute Gasteiger partial charge is 0.354 e. The summed E-state index contributed by atoms with van der Waals surface area (Å²) in [6.45, 7) is 4.77. The monoisotopic (exact) mass is 407 g/mol. The predicted molar refractivity (Wildman–Crippen MR) is 105 cm³/mol. The van der Waals surface area contributed by atoms with Gasteiger partial charge in [0.1, 0.15) is 5.92 Å². The van der Waals surface area contributed by atoms with E-state index < -0.39 is 11.5 Å². The van der Waals surface area contributed by atoms with Crippen molar-refractivity contribution in [2.75, 3.05) is 18.0 Å². The number of nitrogens with one attached hydrogen (secondary N) is 1. The van der Waals surface area contributed by atoms with Crippen LogP contribution in [0, 0.1) is 5.92 Å². The van der Waals surface area contributed by atoms with Crippen molar-refractivity contribution >= 4 is 53.1 Å². The van der Waals surface area contributed by atoms with Gasteiger partial charge in [-0.25, -0.2) is 0 Å². The fraction of sp³-hybridized carbons (Fsp3) is 0.529. The molecule has 1 aliphatic heterocycles. The van der Waals surface area contributed by atoms with Crippen LogP contribution in [0.1, 0.15) is 33.1 Å². The Hall–Kier alpha value is -1.01. The average Bonchev–Trinajstić information content (AvgIpc) is 2.96. The summed E-state index contributed by atoms with van der Waals surface area (Å²) in [5.41, 5.74) is 6.30. The number of anilines is 1. The van der Waals surface area contributed by atoms with Crippen LogP contribution >= 0.6 is 35.6 Å². The lowest BCUT2D eigenvalue weighted by Gasteiger charge is -2.27. The first-order chi connectivity index (χ1) is 11.3. The molecule has 3 N–H and O–H groups in total. The second-order valence-electron chi connectivity index (χ2n) is 6.21. The van der Waals surface area contributed by atoms with E-state index in [0.717, 1.165) is 12.8 Å². The van der Waals surface area contributed by atoms with Gasteiger partial charge in [-0.15, -0.1) is 12.4 Å². The summed E-state index contributed by atoms with van der Waals surface area (Å²) < 4.78 is 0. The maximum absolute atomic E-state index is 12.6. The van der Waals surface area contributed by atoms with Crippen molar-refractivity contribution in [2.45, 2.75) is 38.6 Å². The Morgan fingerprint density at radius 1 is 1.36 bits per heavy atom. The second kappa shape index (κ2) is 9.08. The van der Waals surface area contributed by atoms with Gasteiger partial charge in [0.05, 0.1) is 10.7 Å². The van der Waals surface area contributed by atoms with E-state index in [1.54, 1.807) is 18.2 Å². The minimum absolute atomic E-state index is 0. The number of nitrogens with zero attached hydrogens (tertiary/aromatic N) is 1. The lowest BCUT2D eigenvalue weighted by Crippen LogP contribution is -2.51. The number of halogens is 3. The zero-order valence-corrected chi connectivity index (χ0v) is 16.7. The van der Waals surface area contributed by atoms with Crippen molar-refractivity contribution in [3.05, 3.63) is 28.2 Å². The third-order valence-corrected chi connectivity index (χ3v) is 5.30. The molecule has 2 amide bonds. The van der Waals surface area contributed by atoms with Gasteiger partial charge in [-0.1, -0.05) is 37.0 Å². The van der Waals surface area contributed by atoms with Crippen LogP contribution < -0.4 is 16.0 Å². The van der Waals surface area contributed by atoms with Crippen LogP contribution in [-0.4, -0.2) is 30.4 Å². The molecule has 0 aromatic heterocycles. The summed E-state index contributed by atoms with van der Waals surface area (Å²) in [6.07, 6.45) is 1.96. The molecule has 1 aliphatic rings. The van der Waals surface area contributed by atoms with Gasteiger partial charge in [0.2, 0.25) is 11.8 Å². The Morgan fingerprint density at radius 2 is 2.00 bits per heavy atom. The number of carbonyl (C=O) groups is 2. The van der Waals surface area contributed by atoms with Crippen molar-refractivity contribution < 1.29 is 9.59 Å². The lowest BCUT2D eigenvalue weighted by atomic mass is 9.94. The topological polar surface area (TPSA) is 75.4 Å². The number of nitrogens with two attached hydrogens (primary N) is 1. The summed E-state index contributed by atoms with van der Waals surface area (Å²) in [4.78, 5) is 26.5. The summed E-state index contributed by atoms with van der Waals surface area (Å²) in [5.74, 6) is -1.25.